The number of nitrogens with zero attached hydrogens (tertiary/aromatic N) is 1. The van der Waals surface area contributed by atoms with Crippen molar-refractivity contribution < 1.29 is 14.3 Å². The quantitative estimate of drug-likeness (QED) is 0.880. The van der Waals surface area contributed by atoms with E-state index in [-0.39, 0.29) is 12.1 Å². The molecule has 1 aromatic heterocycles. The highest BCUT2D eigenvalue weighted by molar-refractivity contribution is 6.07. The van der Waals surface area contributed by atoms with E-state index in [0.717, 1.165) is 28.6 Å². The third kappa shape index (κ3) is 2.54. The van der Waals surface area contributed by atoms with Crippen molar-refractivity contribution in [1.82, 2.24) is 4.98 Å². The molecule has 0 aliphatic heterocycles. The first-order valence-electron chi connectivity index (χ1n) is 7.50. The highest BCUT2D eigenvalue weighted by atomic mass is 16.5. The van der Waals surface area contributed by atoms with Gasteiger partial charge < -0.3 is 10.5 Å². The molecule has 0 spiro atoms. The van der Waals surface area contributed by atoms with E-state index in [4.69, 9.17) is 10.5 Å². The second-order valence-corrected chi connectivity index (χ2v) is 5.50. The SMILES string of the molecule is CCC(=O)OC1CCc2nc3ccccc3c(C(N)=O)c2C1. The lowest BCUT2D eigenvalue weighted by molar-refractivity contribution is -0.149. The Hall–Kier alpha value is -2.43. The van der Waals surface area contributed by atoms with Crippen LogP contribution in [-0.2, 0) is 22.4 Å². The molecule has 0 saturated heterocycles. The number of nitrogens with two attached hydrogens (primary N) is 1. The zero-order valence-corrected chi connectivity index (χ0v) is 12.5. The Bertz CT molecular complexity index is 755. The van der Waals surface area contributed by atoms with Crippen LogP contribution in [0, 0.1) is 0 Å². The van der Waals surface area contributed by atoms with Gasteiger partial charge in [0.25, 0.3) is 0 Å². The van der Waals surface area contributed by atoms with Gasteiger partial charge in [0.1, 0.15) is 6.10 Å². The predicted molar refractivity (Wildman–Crippen MR) is 82.5 cm³/mol. The van der Waals surface area contributed by atoms with E-state index in [1.54, 1.807) is 6.92 Å². The normalized spacial score (nSPS) is 17.0. The predicted octanol–water partition coefficient (Wildman–Crippen LogP) is 2.14. The zero-order valence-electron chi connectivity index (χ0n) is 12.5. The average Bonchev–Trinajstić information content (AvgIpc) is 2.52. The highest BCUT2D eigenvalue weighted by Crippen LogP contribution is 2.30. The van der Waals surface area contributed by atoms with Gasteiger partial charge in [-0.25, -0.2) is 0 Å². The van der Waals surface area contributed by atoms with Gasteiger partial charge in [-0.2, -0.15) is 0 Å². The molecule has 3 rings (SSSR count). The van der Waals surface area contributed by atoms with Gasteiger partial charge in [-0.05, 0) is 24.5 Å². The molecule has 22 heavy (non-hydrogen) atoms. The molecule has 2 N–H and O–H groups in total. The maximum absolute atomic E-state index is 12.0. The molecule has 5 heteroatoms. The number of hydrogen-bond donors (Lipinski definition) is 1. The molecule has 1 atom stereocenters. The van der Waals surface area contributed by atoms with Crippen molar-refractivity contribution in [2.45, 2.75) is 38.7 Å². The minimum Gasteiger partial charge on any atom is -0.462 e. The van der Waals surface area contributed by atoms with Crippen molar-refractivity contribution in [3.8, 4) is 0 Å². The van der Waals surface area contributed by atoms with Crippen molar-refractivity contribution in [2.75, 3.05) is 0 Å². The lowest BCUT2D eigenvalue weighted by Gasteiger charge is -2.26. The molecule has 1 aliphatic rings. The topological polar surface area (TPSA) is 82.3 Å². The summed E-state index contributed by atoms with van der Waals surface area (Å²) in [5.74, 6) is -0.680. The molecule has 0 fully saturated rings. The number of amides is 1. The van der Waals surface area contributed by atoms with E-state index in [1.807, 2.05) is 24.3 Å². The molecular weight excluding hydrogens is 280 g/mol. The minimum absolute atomic E-state index is 0.207. The molecule has 1 aliphatic carbocycles. The molecular formula is C17H18N2O3. The van der Waals surface area contributed by atoms with E-state index in [9.17, 15) is 9.59 Å². The monoisotopic (exact) mass is 298 g/mol. The average molecular weight is 298 g/mol. The van der Waals surface area contributed by atoms with Crippen LogP contribution in [0.1, 0.15) is 41.4 Å². The number of benzene rings is 1. The Labute approximate surface area is 128 Å². The fourth-order valence-corrected chi connectivity index (χ4v) is 3.01. The van der Waals surface area contributed by atoms with Crippen molar-refractivity contribution in [3.63, 3.8) is 0 Å². The van der Waals surface area contributed by atoms with Gasteiger partial charge in [0, 0.05) is 23.9 Å². The molecule has 1 unspecified atom stereocenters. The van der Waals surface area contributed by atoms with Gasteiger partial charge in [-0.1, -0.05) is 25.1 Å². The van der Waals surface area contributed by atoms with Crippen molar-refractivity contribution in [2.24, 2.45) is 5.73 Å². The molecule has 1 heterocycles. The van der Waals surface area contributed by atoms with Gasteiger partial charge >= 0.3 is 5.97 Å². The first-order chi connectivity index (χ1) is 10.6. The van der Waals surface area contributed by atoms with Gasteiger partial charge in [0.2, 0.25) is 5.91 Å². The molecule has 5 nitrogen and oxygen atoms in total. The van der Waals surface area contributed by atoms with Crippen LogP contribution < -0.4 is 5.73 Å². The molecule has 1 aromatic carbocycles. The molecule has 114 valence electrons. The van der Waals surface area contributed by atoms with Crippen molar-refractivity contribution in [1.29, 1.82) is 0 Å². The Balaban J connectivity index is 2.07. The fraction of sp³-hybridized carbons (Fsp3) is 0.353. The van der Waals surface area contributed by atoms with E-state index < -0.39 is 5.91 Å². The van der Waals surface area contributed by atoms with Crippen LogP contribution >= 0.6 is 0 Å². The van der Waals surface area contributed by atoms with E-state index in [2.05, 4.69) is 4.98 Å². The van der Waals surface area contributed by atoms with Crippen molar-refractivity contribution in [3.05, 3.63) is 41.1 Å². The van der Waals surface area contributed by atoms with Gasteiger partial charge in [0.05, 0.1) is 11.1 Å². The summed E-state index contributed by atoms with van der Waals surface area (Å²) in [7, 11) is 0. The Morgan fingerprint density at radius 3 is 2.86 bits per heavy atom. The van der Waals surface area contributed by atoms with Crippen molar-refractivity contribution >= 4 is 22.8 Å². The summed E-state index contributed by atoms with van der Waals surface area (Å²) in [5.41, 5.74) is 8.60. The third-order valence-electron chi connectivity index (χ3n) is 4.05. The number of rotatable bonds is 3. The van der Waals surface area contributed by atoms with Crippen LogP contribution in [-0.4, -0.2) is 23.0 Å². The van der Waals surface area contributed by atoms with Gasteiger partial charge in [-0.3, -0.25) is 14.6 Å². The number of primary amides is 1. The molecule has 1 amide bonds. The molecule has 0 bridgehead atoms. The molecule has 0 saturated carbocycles. The van der Waals surface area contributed by atoms with Crippen LogP contribution in [0.25, 0.3) is 10.9 Å². The zero-order chi connectivity index (χ0) is 15.7. The largest absolute Gasteiger partial charge is 0.462 e. The number of para-hydroxylation sites is 1. The maximum Gasteiger partial charge on any atom is 0.305 e. The van der Waals surface area contributed by atoms with Gasteiger partial charge in [0.15, 0.2) is 0 Å². The summed E-state index contributed by atoms with van der Waals surface area (Å²) < 4.78 is 5.43. The summed E-state index contributed by atoms with van der Waals surface area (Å²) in [6, 6.07) is 7.48. The molecule has 0 radical (unpaired) electrons. The van der Waals surface area contributed by atoms with E-state index in [1.165, 1.54) is 0 Å². The highest BCUT2D eigenvalue weighted by Gasteiger charge is 2.27. The summed E-state index contributed by atoms with van der Waals surface area (Å²) in [6.07, 6.45) is 2.05. The van der Waals surface area contributed by atoms with Crippen LogP contribution in [0.2, 0.25) is 0 Å². The van der Waals surface area contributed by atoms with Crippen LogP contribution in [0.3, 0.4) is 0 Å². The Morgan fingerprint density at radius 1 is 1.36 bits per heavy atom. The standard InChI is InChI=1S/C17H18N2O3/c1-2-15(20)22-10-7-8-14-12(9-10)16(17(18)21)11-5-3-4-6-13(11)19-14/h3-6,10H,2,7-9H2,1H3,(H2,18,21). The van der Waals surface area contributed by atoms with E-state index >= 15 is 0 Å². The summed E-state index contributed by atoms with van der Waals surface area (Å²) in [5, 5.41) is 0.760. The number of aryl methyl sites for hydroxylation is 1. The number of hydrogen-bond acceptors (Lipinski definition) is 4. The molecule has 2 aromatic rings. The van der Waals surface area contributed by atoms with Crippen LogP contribution in [0.15, 0.2) is 24.3 Å². The van der Waals surface area contributed by atoms with Crippen LogP contribution in [0.4, 0.5) is 0 Å². The van der Waals surface area contributed by atoms with E-state index in [0.29, 0.717) is 24.8 Å². The maximum atomic E-state index is 12.0. The summed E-state index contributed by atoms with van der Waals surface area (Å²) in [4.78, 5) is 28.1. The number of ether oxygens (including phenoxy) is 1. The number of carbonyl (C=O) groups excluding carboxylic acids is 2. The van der Waals surface area contributed by atoms with Crippen LogP contribution in [0.5, 0.6) is 0 Å². The third-order valence-corrected chi connectivity index (χ3v) is 4.05. The Kier molecular flexibility index (Phi) is 3.79. The smallest absolute Gasteiger partial charge is 0.305 e. The number of esters is 1. The lowest BCUT2D eigenvalue weighted by Crippen LogP contribution is -2.28. The first-order valence-corrected chi connectivity index (χ1v) is 7.50. The minimum atomic E-state index is -0.461. The second kappa shape index (κ2) is 5.75. The lowest BCUT2D eigenvalue weighted by atomic mass is 9.88. The number of fused-ring (bicyclic) bond motifs is 2. The van der Waals surface area contributed by atoms with Gasteiger partial charge in [-0.15, -0.1) is 0 Å². The number of pyridine rings is 1. The summed E-state index contributed by atoms with van der Waals surface area (Å²) in [6.45, 7) is 1.77. The second-order valence-electron chi connectivity index (χ2n) is 5.50. The Morgan fingerprint density at radius 2 is 2.14 bits per heavy atom. The summed E-state index contributed by atoms with van der Waals surface area (Å²) >= 11 is 0. The first kappa shape index (κ1) is 14.5. The fourth-order valence-electron chi connectivity index (χ4n) is 3.01. The number of aromatic nitrogens is 1. The number of carbonyl (C=O) groups is 2.